The van der Waals surface area contributed by atoms with Gasteiger partial charge in [-0.1, -0.05) is 0 Å². The summed E-state index contributed by atoms with van der Waals surface area (Å²) in [5.74, 6) is 0.0102. The highest BCUT2D eigenvalue weighted by molar-refractivity contribution is 5.79. The van der Waals surface area contributed by atoms with Gasteiger partial charge in [0.2, 0.25) is 11.8 Å². The summed E-state index contributed by atoms with van der Waals surface area (Å²) >= 11 is 0. The lowest BCUT2D eigenvalue weighted by atomic mass is 9.70. The summed E-state index contributed by atoms with van der Waals surface area (Å²) < 4.78 is 0. The highest BCUT2D eigenvalue weighted by atomic mass is 16.2. The lowest BCUT2D eigenvalue weighted by molar-refractivity contribution is -0.123. The van der Waals surface area contributed by atoms with Crippen LogP contribution >= 0.6 is 0 Å². The molecule has 1 aliphatic carbocycles. The molecule has 0 atom stereocenters. The molecule has 0 radical (unpaired) electrons. The fraction of sp³-hybridized carbons (Fsp3) is 0.800. The smallest absolute Gasteiger partial charge is 0.220 e. The number of hydrogen-bond acceptors (Lipinski definition) is 2. The number of rotatable bonds is 1. The van der Waals surface area contributed by atoms with Crippen LogP contribution in [0, 0.1) is 11.3 Å². The van der Waals surface area contributed by atoms with E-state index in [-0.39, 0.29) is 23.1 Å². The first-order valence-corrected chi connectivity index (χ1v) is 5.17. The van der Waals surface area contributed by atoms with E-state index in [0.717, 1.165) is 32.2 Å². The van der Waals surface area contributed by atoms with Crippen LogP contribution in [0.4, 0.5) is 0 Å². The Morgan fingerprint density at radius 2 is 2.07 bits per heavy atom. The first-order chi connectivity index (χ1) is 6.61. The maximum absolute atomic E-state index is 11.1. The minimum Gasteiger partial charge on any atom is -0.369 e. The van der Waals surface area contributed by atoms with Crippen LogP contribution in [0.1, 0.15) is 32.1 Å². The molecule has 1 saturated heterocycles. The predicted octanol–water partition coefficient (Wildman–Crippen LogP) is 0.168. The predicted molar refractivity (Wildman–Crippen MR) is 51.2 cm³/mol. The van der Waals surface area contributed by atoms with Crippen LogP contribution in [0.15, 0.2) is 0 Å². The number of amides is 2. The van der Waals surface area contributed by atoms with E-state index in [1.807, 2.05) is 0 Å². The van der Waals surface area contributed by atoms with Gasteiger partial charge < -0.3 is 11.1 Å². The Kier molecular flexibility index (Phi) is 2.21. The second kappa shape index (κ2) is 3.26. The van der Waals surface area contributed by atoms with E-state index in [1.165, 1.54) is 0 Å². The molecule has 0 aromatic rings. The van der Waals surface area contributed by atoms with Crippen molar-refractivity contribution in [2.24, 2.45) is 17.1 Å². The molecule has 4 nitrogen and oxygen atoms in total. The van der Waals surface area contributed by atoms with E-state index in [4.69, 9.17) is 5.73 Å². The van der Waals surface area contributed by atoms with E-state index < -0.39 is 0 Å². The van der Waals surface area contributed by atoms with Gasteiger partial charge in [-0.2, -0.15) is 0 Å². The number of hydrogen-bond donors (Lipinski definition) is 2. The molecule has 78 valence electrons. The number of nitrogens with two attached hydrogens (primary N) is 1. The Morgan fingerprint density at radius 1 is 1.43 bits per heavy atom. The molecule has 1 aliphatic heterocycles. The van der Waals surface area contributed by atoms with E-state index in [2.05, 4.69) is 5.32 Å². The molecule has 1 heterocycles. The summed E-state index contributed by atoms with van der Waals surface area (Å²) in [6.07, 6.45) is 4.26. The van der Waals surface area contributed by atoms with Crippen molar-refractivity contribution in [3.05, 3.63) is 0 Å². The number of carbonyl (C=O) groups is 2. The Morgan fingerprint density at radius 3 is 2.50 bits per heavy atom. The van der Waals surface area contributed by atoms with Crippen molar-refractivity contribution in [2.75, 3.05) is 6.54 Å². The number of carbonyl (C=O) groups excluding carboxylic acids is 2. The number of nitrogens with one attached hydrogen (secondary N) is 1. The summed E-state index contributed by atoms with van der Waals surface area (Å²) in [5, 5.41) is 2.87. The zero-order valence-electron chi connectivity index (χ0n) is 8.21. The zero-order valence-corrected chi connectivity index (χ0v) is 8.21. The van der Waals surface area contributed by atoms with Gasteiger partial charge in [-0.05, 0) is 31.1 Å². The average Bonchev–Trinajstić information content (AvgIpc) is 2.48. The first-order valence-electron chi connectivity index (χ1n) is 5.17. The third-order valence-electron chi connectivity index (χ3n) is 3.64. The molecule has 4 heteroatoms. The fourth-order valence-corrected chi connectivity index (χ4v) is 2.62. The summed E-state index contributed by atoms with van der Waals surface area (Å²) in [6.45, 7) is 0.789. The molecule has 1 spiro atoms. The molecule has 0 aromatic heterocycles. The molecule has 0 aromatic carbocycles. The molecule has 2 rings (SSSR count). The molecular weight excluding hydrogens is 180 g/mol. The second-order valence-corrected chi connectivity index (χ2v) is 4.63. The normalized spacial score (nSPS) is 37.1. The number of primary amides is 1. The highest BCUT2D eigenvalue weighted by Crippen LogP contribution is 2.43. The van der Waals surface area contributed by atoms with Gasteiger partial charge in [-0.3, -0.25) is 9.59 Å². The SMILES string of the molecule is NC(=O)C1CCC2(CC1)CNC(=O)C2. The van der Waals surface area contributed by atoms with Crippen LogP contribution in [0.5, 0.6) is 0 Å². The van der Waals surface area contributed by atoms with Gasteiger partial charge in [0.1, 0.15) is 0 Å². The van der Waals surface area contributed by atoms with E-state index in [9.17, 15) is 9.59 Å². The van der Waals surface area contributed by atoms with Crippen LogP contribution in [0.3, 0.4) is 0 Å². The minimum absolute atomic E-state index is 0.0383. The summed E-state index contributed by atoms with van der Waals surface area (Å²) in [7, 11) is 0. The molecule has 0 bridgehead atoms. The van der Waals surface area contributed by atoms with Gasteiger partial charge in [-0.25, -0.2) is 0 Å². The third-order valence-corrected chi connectivity index (χ3v) is 3.64. The topological polar surface area (TPSA) is 72.2 Å². The van der Waals surface area contributed by atoms with Crippen LogP contribution in [-0.4, -0.2) is 18.4 Å². The molecule has 2 aliphatic rings. The maximum atomic E-state index is 11.1. The van der Waals surface area contributed by atoms with Crippen molar-refractivity contribution in [1.29, 1.82) is 0 Å². The van der Waals surface area contributed by atoms with Crippen molar-refractivity contribution in [3.8, 4) is 0 Å². The monoisotopic (exact) mass is 196 g/mol. The third kappa shape index (κ3) is 1.61. The van der Waals surface area contributed by atoms with E-state index in [0.29, 0.717) is 6.42 Å². The van der Waals surface area contributed by atoms with Crippen LogP contribution in [0.2, 0.25) is 0 Å². The largest absolute Gasteiger partial charge is 0.369 e. The van der Waals surface area contributed by atoms with Crippen molar-refractivity contribution in [1.82, 2.24) is 5.32 Å². The lowest BCUT2D eigenvalue weighted by Crippen LogP contribution is -2.34. The molecule has 0 unspecified atom stereocenters. The van der Waals surface area contributed by atoms with Crippen molar-refractivity contribution >= 4 is 11.8 Å². The summed E-state index contributed by atoms with van der Waals surface area (Å²) in [5.41, 5.74) is 5.40. The molecule has 14 heavy (non-hydrogen) atoms. The Labute approximate surface area is 83.2 Å². The molecular formula is C10H16N2O2. The van der Waals surface area contributed by atoms with Gasteiger partial charge in [0.15, 0.2) is 0 Å². The van der Waals surface area contributed by atoms with Crippen molar-refractivity contribution < 1.29 is 9.59 Å². The summed E-state index contributed by atoms with van der Waals surface area (Å²) in [4.78, 5) is 22.1. The van der Waals surface area contributed by atoms with Gasteiger partial charge in [0.25, 0.3) is 0 Å². The Balaban J connectivity index is 1.95. The maximum Gasteiger partial charge on any atom is 0.220 e. The summed E-state index contributed by atoms with van der Waals surface area (Å²) in [6, 6.07) is 0. The molecule has 2 fully saturated rings. The van der Waals surface area contributed by atoms with Gasteiger partial charge >= 0.3 is 0 Å². The quantitative estimate of drug-likeness (QED) is 0.627. The van der Waals surface area contributed by atoms with Gasteiger partial charge in [0, 0.05) is 18.9 Å². The zero-order chi connectivity index (χ0) is 10.2. The van der Waals surface area contributed by atoms with Crippen LogP contribution < -0.4 is 11.1 Å². The van der Waals surface area contributed by atoms with Crippen LogP contribution in [-0.2, 0) is 9.59 Å². The van der Waals surface area contributed by atoms with Crippen molar-refractivity contribution in [3.63, 3.8) is 0 Å². The second-order valence-electron chi connectivity index (χ2n) is 4.63. The highest BCUT2D eigenvalue weighted by Gasteiger charge is 2.42. The van der Waals surface area contributed by atoms with Gasteiger partial charge in [-0.15, -0.1) is 0 Å². The lowest BCUT2D eigenvalue weighted by Gasteiger charge is -2.34. The Hall–Kier alpha value is -1.06. The first kappa shape index (κ1) is 9.49. The average molecular weight is 196 g/mol. The van der Waals surface area contributed by atoms with E-state index >= 15 is 0 Å². The minimum atomic E-state index is -0.183. The van der Waals surface area contributed by atoms with Crippen molar-refractivity contribution in [2.45, 2.75) is 32.1 Å². The molecule has 2 amide bonds. The molecule has 3 N–H and O–H groups in total. The molecule has 1 saturated carbocycles. The van der Waals surface area contributed by atoms with Gasteiger partial charge in [0.05, 0.1) is 0 Å². The van der Waals surface area contributed by atoms with E-state index in [1.54, 1.807) is 0 Å². The fourth-order valence-electron chi connectivity index (χ4n) is 2.62. The van der Waals surface area contributed by atoms with Crippen LogP contribution in [0.25, 0.3) is 0 Å². The Bertz CT molecular complexity index is 267. The standard InChI is InChI=1S/C10H16N2O2/c11-9(14)7-1-3-10(4-2-7)5-8(13)12-6-10/h7H,1-6H2,(H2,11,14)(H,12,13).